The van der Waals surface area contributed by atoms with Gasteiger partial charge in [0.15, 0.2) is 0 Å². The third-order valence-corrected chi connectivity index (χ3v) is 4.57. The van der Waals surface area contributed by atoms with Crippen LogP contribution in [0.1, 0.15) is 10.4 Å². The number of carbonyl (C=O) groups excluding carboxylic acids is 1. The summed E-state index contributed by atoms with van der Waals surface area (Å²) in [5, 5.41) is 12.9. The number of nitrogen functional groups attached to an aromatic ring is 1. The first-order chi connectivity index (χ1) is 11.8. The molecule has 0 aromatic heterocycles. The van der Waals surface area contributed by atoms with Crippen molar-refractivity contribution >= 4 is 38.2 Å². The van der Waals surface area contributed by atoms with Crippen molar-refractivity contribution in [3.63, 3.8) is 0 Å². The highest BCUT2D eigenvalue weighted by atomic mass is 32.2. The van der Waals surface area contributed by atoms with Crippen molar-refractivity contribution in [2.45, 2.75) is 4.90 Å². The molecule has 0 radical (unpaired) electrons. The van der Waals surface area contributed by atoms with E-state index in [0.717, 1.165) is 12.1 Å². The van der Waals surface area contributed by atoms with Crippen molar-refractivity contribution in [2.75, 3.05) is 11.1 Å². The monoisotopic (exact) mass is 358 g/mol. The molecule has 7 nitrogen and oxygen atoms in total. The number of phenols is 1. The van der Waals surface area contributed by atoms with Crippen LogP contribution in [0.5, 0.6) is 5.75 Å². The number of nitrogens with one attached hydrogen (secondary N) is 1. The normalized spacial score (nSPS) is 11.4. The van der Waals surface area contributed by atoms with Gasteiger partial charge in [0.25, 0.3) is 16.0 Å². The van der Waals surface area contributed by atoms with Crippen molar-refractivity contribution in [1.29, 1.82) is 0 Å². The van der Waals surface area contributed by atoms with Crippen LogP contribution in [0.3, 0.4) is 0 Å². The van der Waals surface area contributed by atoms with Crippen LogP contribution in [0, 0.1) is 0 Å². The SMILES string of the molecule is Nc1cccc(C(=O)Nc2cccc3c(S(=O)(=O)O)ccc(O)c23)c1. The molecule has 0 bridgehead atoms. The molecule has 0 saturated heterocycles. The minimum absolute atomic E-state index is 0.0906. The summed E-state index contributed by atoms with van der Waals surface area (Å²) in [6.45, 7) is 0. The average molecular weight is 358 g/mol. The van der Waals surface area contributed by atoms with Crippen LogP contribution in [-0.2, 0) is 10.1 Å². The van der Waals surface area contributed by atoms with Crippen molar-refractivity contribution < 1.29 is 22.9 Å². The predicted molar refractivity (Wildman–Crippen MR) is 94.2 cm³/mol. The number of benzene rings is 3. The summed E-state index contributed by atoms with van der Waals surface area (Å²) in [4.78, 5) is 12.0. The Morgan fingerprint density at radius 3 is 2.44 bits per heavy atom. The van der Waals surface area contributed by atoms with E-state index in [2.05, 4.69) is 5.32 Å². The van der Waals surface area contributed by atoms with E-state index in [1.807, 2.05) is 0 Å². The summed E-state index contributed by atoms with van der Waals surface area (Å²) in [6.07, 6.45) is 0. The summed E-state index contributed by atoms with van der Waals surface area (Å²) in [7, 11) is -4.49. The Kier molecular flexibility index (Phi) is 4.07. The summed E-state index contributed by atoms with van der Waals surface area (Å²) < 4.78 is 32.4. The Labute approximate surface area is 143 Å². The second kappa shape index (κ2) is 6.08. The Morgan fingerprint density at radius 2 is 1.76 bits per heavy atom. The van der Waals surface area contributed by atoms with Crippen LogP contribution in [0.25, 0.3) is 10.8 Å². The molecule has 8 heteroatoms. The van der Waals surface area contributed by atoms with Crippen LogP contribution in [-0.4, -0.2) is 24.0 Å². The molecule has 0 aliphatic rings. The topological polar surface area (TPSA) is 130 Å². The van der Waals surface area contributed by atoms with E-state index in [9.17, 15) is 22.9 Å². The van der Waals surface area contributed by atoms with E-state index in [1.165, 1.54) is 24.3 Å². The zero-order valence-electron chi connectivity index (χ0n) is 12.8. The molecule has 0 aliphatic carbocycles. The van der Waals surface area contributed by atoms with Crippen molar-refractivity contribution in [3.05, 3.63) is 60.2 Å². The molecule has 128 valence electrons. The molecule has 25 heavy (non-hydrogen) atoms. The van der Waals surface area contributed by atoms with Crippen LogP contribution in [0.4, 0.5) is 11.4 Å². The van der Waals surface area contributed by atoms with Gasteiger partial charge in [-0.2, -0.15) is 8.42 Å². The smallest absolute Gasteiger partial charge is 0.295 e. The summed E-state index contributed by atoms with van der Waals surface area (Å²) in [5.41, 5.74) is 6.59. The van der Waals surface area contributed by atoms with E-state index in [1.54, 1.807) is 18.2 Å². The molecule has 0 unspecified atom stereocenters. The Hall–Kier alpha value is -3.10. The lowest BCUT2D eigenvalue weighted by molar-refractivity contribution is 0.102. The minimum atomic E-state index is -4.49. The number of hydrogen-bond donors (Lipinski definition) is 4. The zero-order chi connectivity index (χ0) is 18.2. The summed E-state index contributed by atoms with van der Waals surface area (Å²) >= 11 is 0. The maximum atomic E-state index is 12.4. The highest BCUT2D eigenvalue weighted by Gasteiger charge is 2.18. The average Bonchev–Trinajstić information content (AvgIpc) is 2.54. The quantitative estimate of drug-likeness (QED) is 0.421. The molecule has 3 aromatic carbocycles. The Balaban J connectivity index is 2.13. The van der Waals surface area contributed by atoms with Gasteiger partial charge in [0.1, 0.15) is 10.6 Å². The van der Waals surface area contributed by atoms with Gasteiger partial charge in [-0.15, -0.1) is 0 Å². The number of hydrogen-bond acceptors (Lipinski definition) is 5. The Morgan fingerprint density at radius 1 is 1.04 bits per heavy atom. The number of amides is 1. The maximum Gasteiger partial charge on any atom is 0.295 e. The second-order valence-corrected chi connectivity index (χ2v) is 6.76. The van der Waals surface area contributed by atoms with Crippen molar-refractivity contribution in [1.82, 2.24) is 0 Å². The van der Waals surface area contributed by atoms with Crippen LogP contribution in [0.2, 0.25) is 0 Å². The lowest BCUT2D eigenvalue weighted by Gasteiger charge is -2.12. The standard InChI is InChI=1S/C17H14N2O5S/c18-11-4-1-3-10(9-11)17(21)19-13-6-2-5-12-15(25(22,23)24)8-7-14(20)16(12)13/h1-9,20H,18H2,(H,19,21)(H,22,23,24). The number of carbonyl (C=O) groups is 1. The molecule has 3 rings (SSSR count). The van der Waals surface area contributed by atoms with Gasteiger partial charge in [-0.1, -0.05) is 18.2 Å². The molecule has 5 N–H and O–H groups in total. The molecule has 0 atom stereocenters. The predicted octanol–water partition coefficient (Wildman–Crippen LogP) is 2.63. The highest BCUT2D eigenvalue weighted by molar-refractivity contribution is 7.86. The fraction of sp³-hybridized carbons (Fsp3) is 0. The van der Waals surface area contributed by atoms with Gasteiger partial charge in [-0.3, -0.25) is 9.35 Å². The lowest BCUT2D eigenvalue weighted by Crippen LogP contribution is -2.12. The fourth-order valence-corrected chi connectivity index (χ4v) is 3.25. The van der Waals surface area contributed by atoms with E-state index in [-0.39, 0.29) is 27.1 Å². The third kappa shape index (κ3) is 3.25. The lowest BCUT2D eigenvalue weighted by atomic mass is 10.1. The van der Waals surface area contributed by atoms with Gasteiger partial charge >= 0.3 is 0 Å². The largest absolute Gasteiger partial charge is 0.507 e. The van der Waals surface area contributed by atoms with Gasteiger partial charge in [-0.05, 0) is 36.4 Å². The van der Waals surface area contributed by atoms with Gasteiger partial charge in [0.2, 0.25) is 0 Å². The second-order valence-electron chi connectivity index (χ2n) is 5.37. The minimum Gasteiger partial charge on any atom is -0.507 e. The van der Waals surface area contributed by atoms with Gasteiger partial charge < -0.3 is 16.2 Å². The number of rotatable bonds is 3. The van der Waals surface area contributed by atoms with Gasteiger partial charge in [-0.25, -0.2) is 0 Å². The molecular weight excluding hydrogens is 344 g/mol. The van der Waals surface area contributed by atoms with Crippen LogP contribution in [0.15, 0.2) is 59.5 Å². The number of nitrogens with two attached hydrogens (primary N) is 1. The van der Waals surface area contributed by atoms with Crippen molar-refractivity contribution in [3.8, 4) is 5.75 Å². The Bertz CT molecular complexity index is 1090. The zero-order valence-corrected chi connectivity index (χ0v) is 13.6. The van der Waals surface area contributed by atoms with Crippen LogP contribution < -0.4 is 11.1 Å². The fourth-order valence-electron chi connectivity index (χ4n) is 2.56. The molecule has 0 heterocycles. The highest BCUT2D eigenvalue weighted by Crippen LogP contribution is 2.35. The molecule has 1 amide bonds. The van der Waals surface area contributed by atoms with Gasteiger partial charge in [0.05, 0.1) is 5.69 Å². The first-order valence-electron chi connectivity index (χ1n) is 7.16. The first-order valence-corrected chi connectivity index (χ1v) is 8.60. The number of phenolic OH excluding ortho intramolecular Hbond substituents is 1. The molecule has 0 spiro atoms. The van der Waals surface area contributed by atoms with Crippen LogP contribution >= 0.6 is 0 Å². The van der Waals surface area contributed by atoms with E-state index >= 15 is 0 Å². The maximum absolute atomic E-state index is 12.4. The molecule has 0 aliphatic heterocycles. The van der Waals surface area contributed by atoms with E-state index in [4.69, 9.17) is 5.73 Å². The summed E-state index contributed by atoms with van der Waals surface area (Å²) in [6, 6.07) is 13.0. The first kappa shape index (κ1) is 16.7. The number of fused-ring (bicyclic) bond motifs is 1. The van der Waals surface area contributed by atoms with E-state index in [0.29, 0.717) is 11.3 Å². The van der Waals surface area contributed by atoms with Gasteiger partial charge in [0, 0.05) is 22.0 Å². The number of aromatic hydroxyl groups is 1. The van der Waals surface area contributed by atoms with Crippen molar-refractivity contribution in [2.24, 2.45) is 0 Å². The number of anilines is 2. The molecule has 3 aromatic rings. The molecular formula is C17H14N2O5S. The third-order valence-electron chi connectivity index (χ3n) is 3.65. The summed E-state index contributed by atoms with van der Waals surface area (Å²) in [5.74, 6) is -0.706. The van der Waals surface area contributed by atoms with E-state index < -0.39 is 16.0 Å². The molecule has 0 fully saturated rings. The molecule has 0 saturated carbocycles.